The number of hydrogen-bond acceptors (Lipinski definition) is 2. The molecule has 0 atom stereocenters. The van der Waals surface area contributed by atoms with Gasteiger partial charge in [-0.2, -0.15) is 13.2 Å². The van der Waals surface area contributed by atoms with Gasteiger partial charge in [-0.15, -0.1) is 0 Å². The molecule has 0 radical (unpaired) electrons. The van der Waals surface area contributed by atoms with Crippen LogP contribution in [0, 0.1) is 0 Å². The summed E-state index contributed by atoms with van der Waals surface area (Å²) in [5.41, 5.74) is 0.0655. The summed E-state index contributed by atoms with van der Waals surface area (Å²) in [4.78, 5) is 3.53. The van der Waals surface area contributed by atoms with Gasteiger partial charge in [0.1, 0.15) is 11.5 Å². The third-order valence-electron chi connectivity index (χ3n) is 2.43. The van der Waals surface area contributed by atoms with Crippen molar-refractivity contribution >= 4 is 21.7 Å². The maximum atomic E-state index is 12.5. The molecule has 0 saturated carbocycles. The SMILES string of the molecule is FC(F)(F)c1cccc(NCc2ccc(Br)cc2)n1. The zero-order valence-electron chi connectivity index (χ0n) is 9.71. The van der Waals surface area contributed by atoms with Crippen LogP contribution in [0.15, 0.2) is 46.9 Å². The van der Waals surface area contributed by atoms with Crippen molar-refractivity contribution in [1.82, 2.24) is 4.98 Å². The molecule has 0 unspecified atom stereocenters. The molecule has 0 aliphatic carbocycles. The molecule has 1 aromatic carbocycles. The molecule has 19 heavy (non-hydrogen) atoms. The molecule has 0 fully saturated rings. The smallest absolute Gasteiger partial charge is 0.366 e. The molecule has 0 saturated heterocycles. The number of rotatable bonds is 3. The molecule has 0 spiro atoms. The van der Waals surface area contributed by atoms with Crippen molar-refractivity contribution in [2.45, 2.75) is 12.7 Å². The van der Waals surface area contributed by atoms with Gasteiger partial charge in [0, 0.05) is 11.0 Å². The van der Waals surface area contributed by atoms with Crippen LogP contribution in [-0.4, -0.2) is 4.98 Å². The number of nitrogens with zero attached hydrogens (tertiary/aromatic N) is 1. The van der Waals surface area contributed by atoms with Crippen molar-refractivity contribution in [3.05, 3.63) is 58.2 Å². The molecular formula is C13H10BrF3N2. The molecule has 1 heterocycles. The molecule has 1 aromatic heterocycles. The average molecular weight is 331 g/mol. The van der Waals surface area contributed by atoms with Gasteiger partial charge in [-0.3, -0.25) is 0 Å². The summed E-state index contributed by atoms with van der Waals surface area (Å²) in [5, 5.41) is 2.87. The van der Waals surface area contributed by atoms with E-state index >= 15 is 0 Å². The van der Waals surface area contributed by atoms with E-state index in [2.05, 4.69) is 26.2 Å². The third kappa shape index (κ3) is 3.96. The minimum Gasteiger partial charge on any atom is -0.366 e. The average Bonchev–Trinajstić information content (AvgIpc) is 2.37. The van der Waals surface area contributed by atoms with Crippen molar-refractivity contribution in [1.29, 1.82) is 0 Å². The Morgan fingerprint density at radius 2 is 1.74 bits per heavy atom. The highest BCUT2D eigenvalue weighted by atomic mass is 79.9. The lowest BCUT2D eigenvalue weighted by Gasteiger charge is -2.09. The highest BCUT2D eigenvalue weighted by Crippen LogP contribution is 2.28. The van der Waals surface area contributed by atoms with Gasteiger partial charge in [0.25, 0.3) is 0 Å². The first kappa shape index (κ1) is 13.9. The van der Waals surface area contributed by atoms with Crippen LogP contribution >= 0.6 is 15.9 Å². The summed E-state index contributed by atoms with van der Waals surface area (Å²) in [6, 6.07) is 11.3. The van der Waals surface area contributed by atoms with Gasteiger partial charge in [-0.1, -0.05) is 34.1 Å². The largest absolute Gasteiger partial charge is 0.433 e. The molecular weight excluding hydrogens is 321 g/mol. The van der Waals surface area contributed by atoms with Gasteiger partial charge in [-0.05, 0) is 29.8 Å². The summed E-state index contributed by atoms with van der Waals surface area (Å²) in [5.74, 6) is 0.206. The maximum absolute atomic E-state index is 12.5. The van der Waals surface area contributed by atoms with Crippen molar-refractivity contribution < 1.29 is 13.2 Å². The third-order valence-corrected chi connectivity index (χ3v) is 2.96. The summed E-state index contributed by atoms with van der Waals surface area (Å²) >= 11 is 3.32. The first-order chi connectivity index (χ1) is 8.95. The Hall–Kier alpha value is -1.56. The van der Waals surface area contributed by atoms with Crippen LogP contribution in [0.25, 0.3) is 0 Å². The Kier molecular flexibility index (Phi) is 4.09. The fourth-order valence-corrected chi connectivity index (χ4v) is 1.75. The summed E-state index contributed by atoms with van der Waals surface area (Å²) in [6.07, 6.45) is -4.42. The topological polar surface area (TPSA) is 24.9 Å². The maximum Gasteiger partial charge on any atom is 0.433 e. The minimum atomic E-state index is -4.42. The van der Waals surface area contributed by atoms with E-state index in [4.69, 9.17) is 0 Å². The monoisotopic (exact) mass is 330 g/mol. The molecule has 0 aliphatic heterocycles. The highest BCUT2D eigenvalue weighted by Gasteiger charge is 2.32. The van der Waals surface area contributed by atoms with E-state index < -0.39 is 11.9 Å². The predicted molar refractivity (Wildman–Crippen MR) is 70.7 cm³/mol. The van der Waals surface area contributed by atoms with Crippen molar-refractivity contribution in [3.8, 4) is 0 Å². The number of aromatic nitrogens is 1. The van der Waals surface area contributed by atoms with Crippen molar-refractivity contribution in [3.63, 3.8) is 0 Å². The van der Waals surface area contributed by atoms with Gasteiger partial charge in [0.05, 0.1) is 0 Å². The van der Waals surface area contributed by atoms with E-state index in [0.717, 1.165) is 16.1 Å². The standard InChI is InChI=1S/C13H10BrF3N2/c14-10-6-4-9(5-7-10)8-18-12-3-1-2-11(19-12)13(15,16)17/h1-7H,8H2,(H,18,19). The van der Waals surface area contributed by atoms with Crippen LogP contribution in [0.4, 0.5) is 19.0 Å². The Morgan fingerprint density at radius 1 is 1.05 bits per heavy atom. The van der Waals surface area contributed by atoms with E-state index in [-0.39, 0.29) is 5.82 Å². The first-order valence-electron chi connectivity index (χ1n) is 5.48. The predicted octanol–water partition coefficient (Wildman–Crippen LogP) is 4.48. The lowest BCUT2D eigenvalue weighted by atomic mass is 10.2. The highest BCUT2D eigenvalue weighted by molar-refractivity contribution is 9.10. The van der Waals surface area contributed by atoms with E-state index in [1.54, 1.807) is 0 Å². The zero-order valence-corrected chi connectivity index (χ0v) is 11.3. The molecule has 0 bridgehead atoms. The Labute approximate surface area is 116 Å². The zero-order chi connectivity index (χ0) is 13.9. The molecule has 0 aliphatic rings. The Balaban J connectivity index is 2.05. The number of anilines is 1. The molecule has 2 rings (SSSR count). The molecule has 1 N–H and O–H groups in total. The van der Waals surface area contributed by atoms with E-state index in [1.807, 2.05) is 24.3 Å². The lowest BCUT2D eigenvalue weighted by Crippen LogP contribution is -2.10. The number of alkyl halides is 3. The second-order valence-corrected chi connectivity index (χ2v) is 4.80. The quantitative estimate of drug-likeness (QED) is 0.897. The molecule has 100 valence electrons. The van der Waals surface area contributed by atoms with E-state index in [9.17, 15) is 13.2 Å². The van der Waals surface area contributed by atoms with Crippen LogP contribution in [-0.2, 0) is 12.7 Å². The second-order valence-electron chi connectivity index (χ2n) is 3.89. The van der Waals surface area contributed by atoms with Gasteiger partial charge < -0.3 is 5.32 Å². The number of benzene rings is 1. The second kappa shape index (κ2) is 5.61. The minimum absolute atomic E-state index is 0.206. The first-order valence-corrected chi connectivity index (χ1v) is 6.27. The fourth-order valence-electron chi connectivity index (χ4n) is 1.49. The Bertz CT molecular complexity index is 553. The van der Waals surface area contributed by atoms with Crippen LogP contribution in [0.1, 0.15) is 11.3 Å². The fraction of sp³-hybridized carbons (Fsp3) is 0.154. The normalized spacial score (nSPS) is 11.4. The summed E-state index contributed by atoms with van der Waals surface area (Å²) in [6.45, 7) is 0.418. The Morgan fingerprint density at radius 3 is 2.37 bits per heavy atom. The number of pyridine rings is 1. The van der Waals surface area contributed by atoms with Crippen LogP contribution in [0.2, 0.25) is 0 Å². The number of halogens is 4. The van der Waals surface area contributed by atoms with Crippen molar-refractivity contribution in [2.75, 3.05) is 5.32 Å². The molecule has 2 nitrogen and oxygen atoms in total. The number of hydrogen-bond donors (Lipinski definition) is 1. The number of nitrogens with one attached hydrogen (secondary N) is 1. The van der Waals surface area contributed by atoms with Crippen LogP contribution in [0.3, 0.4) is 0 Å². The molecule has 2 aromatic rings. The van der Waals surface area contributed by atoms with Crippen molar-refractivity contribution in [2.24, 2.45) is 0 Å². The van der Waals surface area contributed by atoms with Gasteiger partial charge in [-0.25, -0.2) is 4.98 Å². The van der Waals surface area contributed by atoms with Gasteiger partial charge in [0.2, 0.25) is 0 Å². The molecule has 0 amide bonds. The van der Waals surface area contributed by atoms with Gasteiger partial charge in [0.15, 0.2) is 0 Å². The summed E-state index contributed by atoms with van der Waals surface area (Å²) < 4.78 is 38.4. The van der Waals surface area contributed by atoms with Crippen LogP contribution in [0.5, 0.6) is 0 Å². The summed E-state index contributed by atoms with van der Waals surface area (Å²) in [7, 11) is 0. The van der Waals surface area contributed by atoms with E-state index in [1.165, 1.54) is 12.1 Å². The van der Waals surface area contributed by atoms with Crippen LogP contribution < -0.4 is 5.32 Å². The van der Waals surface area contributed by atoms with E-state index in [0.29, 0.717) is 6.54 Å². The lowest BCUT2D eigenvalue weighted by molar-refractivity contribution is -0.141. The van der Waals surface area contributed by atoms with Gasteiger partial charge >= 0.3 is 6.18 Å². The molecule has 6 heteroatoms.